The van der Waals surface area contributed by atoms with Crippen LogP contribution in [0.4, 0.5) is 0 Å². The molecule has 12 heavy (non-hydrogen) atoms. The van der Waals surface area contributed by atoms with E-state index in [0.29, 0.717) is 19.5 Å². The second kappa shape index (κ2) is 3.22. The zero-order valence-electron chi connectivity index (χ0n) is 6.54. The molecule has 0 aromatic heterocycles. The molecule has 4 nitrogen and oxygen atoms in total. The predicted molar refractivity (Wildman–Crippen MR) is 40.2 cm³/mol. The van der Waals surface area contributed by atoms with Crippen molar-refractivity contribution in [3.63, 3.8) is 0 Å². The van der Waals surface area contributed by atoms with Crippen LogP contribution in [0.1, 0.15) is 6.42 Å². The van der Waals surface area contributed by atoms with Gasteiger partial charge in [0.2, 0.25) is 0 Å². The van der Waals surface area contributed by atoms with Gasteiger partial charge in [-0.05, 0) is 13.0 Å². The van der Waals surface area contributed by atoms with E-state index in [1.54, 1.807) is 0 Å². The molecule has 0 bridgehead atoms. The molecule has 0 spiro atoms. The van der Waals surface area contributed by atoms with Gasteiger partial charge < -0.3 is 5.32 Å². The van der Waals surface area contributed by atoms with E-state index in [1.165, 1.54) is 0 Å². The normalized spacial score (nSPS) is 26.2. The standard InChI is InChI=1S/C8H8N4/c9-3-7-1-2-12-6-8(7,4-10)5-11/h7,12H,1-2,6H2. The Bertz CT molecular complexity index is 274. The Morgan fingerprint density at radius 2 is 1.92 bits per heavy atom. The summed E-state index contributed by atoms with van der Waals surface area (Å²) in [6.07, 6.45) is 0.581. The smallest absolute Gasteiger partial charge is 0.171 e. The highest BCUT2D eigenvalue weighted by atomic mass is 14.9. The summed E-state index contributed by atoms with van der Waals surface area (Å²) in [5.41, 5.74) is -1.13. The van der Waals surface area contributed by atoms with Gasteiger partial charge in [-0.2, -0.15) is 15.8 Å². The molecule has 1 fully saturated rings. The summed E-state index contributed by atoms with van der Waals surface area (Å²) in [6.45, 7) is 1.02. The third-order valence-corrected chi connectivity index (χ3v) is 2.16. The van der Waals surface area contributed by atoms with Crippen molar-refractivity contribution in [3.8, 4) is 18.2 Å². The molecule has 60 valence electrons. The van der Waals surface area contributed by atoms with Crippen LogP contribution in [0.3, 0.4) is 0 Å². The molecule has 1 aliphatic rings. The summed E-state index contributed by atoms with van der Waals surface area (Å²) >= 11 is 0. The third-order valence-electron chi connectivity index (χ3n) is 2.16. The monoisotopic (exact) mass is 160 g/mol. The van der Waals surface area contributed by atoms with E-state index in [-0.39, 0.29) is 0 Å². The lowest BCUT2D eigenvalue weighted by Crippen LogP contribution is -2.44. The lowest BCUT2D eigenvalue weighted by Gasteiger charge is -2.28. The molecule has 0 aliphatic carbocycles. The van der Waals surface area contributed by atoms with Gasteiger partial charge in [0.15, 0.2) is 5.41 Å². The average molecular weight is 160 g/mol. The molecule has 4 heteroatoms. The molecule has 1 saturated heterocycles. The Hall–Kier alpha value is -1.57. The van der Waals surface area contributed by atoms with Crippen molar-refractivity contribution in [1.29, 1.82) is 15.8 Å². The van der Waals surface area contributed by atoms with E-state index in [1.807, 2.05) is 18.2 Å². The highest BCUT2D eigenvalue weighted by Gasteiger charge is 2.41. The average Bonchev–Trinajstić information content (AvgIpc) is 2.17. The fourth-order valence-electron chi connectivity index (χ4n) is 1.34. The van der Waals surface area contributed by atoms with Crippen LogP contribution in [-0.4, -0.2) is 13.1 Å². The van der Waals surface area contributed by atoms with Crippen molar-refractivity contribution in [1.82, 2.24) is 5.32 Å². The minimum atomic E-state index is -1.13. The molecule has 0 aromatic rings. The highest BCUT2D eigenvalue weighted by molar-refractivity contribution is 5.23. The first kappa shape index (κ1) is 8.53. The first-order valence-corrected chi connectivity index (χ1v) is 3.72. The van der Waals surface area contributed by atoms with Gasteiger partial charge in [0.1, 0.15) is 0 Å². The summed E-state index contributed by atoms with van der Waals surface area (Å²) in [4.78, 5) is 0. The van der Waals surface area contributed by atoms with Crippen LogP contribution in [0, 0.1) is 45.3 Å². The van der Waals surface area contributed by atoms with Crippen molar-refractivity contribution in [2.45, 2.75) is 6.42 Å². The summed E-state index contributed by atoms with van der Waals surface area (Å²) < 4.78 is 0. The number of hydrogen-bond acceptors (Lipinski definition) is 4. The first-order valence-electron chi connectivity index (χ1n) is 3.72. The first-order chi connectivity index (χ1) is 5.79. The number of rotatable bonds is 0. The summed E-state index contributed by atoms with van der Waals surface area (Å²) in [7, 11) is 0. The molecule has 1 atom stereocenters. The Morgan fingerprint density at radius 1 is 1.25 bits per heavy atom. The molecule has 1 heterocycles. The van der Waals surface area contributed by atoms with Gasteiger partial charge >= 0.3 is 0 Å². The molecule has 0 amide bonds. The number of nitriles is 3. The van der Waals surface area contributed by atoms with E-state index >= 15 is 0 Å². The Balaban J connectivity index is 2.94. The molecule has 1 rings (SSSR count). The van der Waals surface area contributed by atoms with Crippen LogP contribution >= 0.6 is 0 Å². The van der Waals surface area contributed by atoms with E-state index in [9.17, 15) is 0 Å². The van der Waals surface area contributed by atoms with Crippen molar-refractivity contribution in [2.24, 2.45) is 11.3 Å². The van der Waals surface area contributed by atoms with Crippen molar-refractivity contribution in [3.05, 3.63) is 0 Å². The van der Waals surface area contributed by atoms with E-state index in [4.69, 9.17) is 15.8 Å². The summed E-state index contributed by atoms with van der Waals surface area (Å²) in [6, 6.07) is 5.86. The maximum Gasteiger partial charge on any atom is 0.171 e. The van der Waals surface area contributed by atoms with Gasteiger partial charge in [-0.25, -0.2) is 0 Å². The van der Waals surface area contributed by atoms with Gasteiger partial charge in [-0.3, -0.25) is 0 Å². The Labute approximate surface area is 71.0 Å². The van der Waals surface area contributed by atoms with Crippen LogP contribution in [-0.2, 0) is 0 Å². The van der Waals surface area contributed by atoms with Gasteiger partial charge in [-0.15, -0.1) is 0 Å². The minimum absolute atomic E-state index is 0.304. The van der Waals surface area contributed by atoms with Crippen LogP contribution in [0.2, 0.25) is 0 Å². The molecule has 1 aliphatic heterocycles. The number of piperidine rings is 1. The molecular weight excluding hydrogens is 152 g/mol. The molecule has 0 aromatic carbocycles. The van der Waals surface area contributed by atoms with Crippen molar-refractivity contribution < 1.29 is 0 Å². The fraction of sp³-hybridized carbons (Fsp3) is 0.625. The van der Waals surface area contributed by atoms with E-state index in [2.05, 4.69) is 5.32 Å². The van der Waals surface area contributed by atoms with Gasteiger partial charge in [-0.1, -0.05) is 0 Å². The van der Waals surface area contributed by atoms with Gasteiger partial charge in [0.05, 0.1) is 24.1 Å². The summed E-state index contributed by atoms with van der Waals surface area (Å²) in [5.74, 6) is -0.450. The van der Waals surface area contributed by atoms with E-state index in [0.717, 1.165) is 0 Å². The predicted octanol–water partition coefficient (Wildman–Crippen LogP) is 0.153. The maximum atomic E-state index is 8.78. The van der Waals surface area contributed by atoms with Crippen LogP contribution in [0.5, 0.6) is 0 Å². The molecule has 1 N–H and O–H groups in total. The Morgan fingerprint density at radius 3 is 2.33 bits per heavy atom. The fourth-order valence-corrected chi connectivity index (χ4v) is 1.34. The van der Waals surface area contributed by atoms with Crippen LogP contribution in [0.25, 0.3) is 0 Å². The number of nitrogens with one attached hydrogen (secondary N) is 1. The van der Waals surface area contributed by atoms with E-state index < -0.39 is 11.3 Å². The maximum absolute atomic E-state index is 8.78. The minimum Gasteiger partial charge on any atom is -0.314 e. The Kier molecular flexibility index (Phi) is 2.29. The molecule has 1 unspecified atom stereocenters. The van der Waals surface area contributed by atoms with Crippen molar-refractivity contribution >= 4 is 0 Å². The largest absolute Gasteiger partial charge is 0.314 e. The highest BCUT2D eigenvalue weighted by Crippen LogP contribution is 2.30. The quantitative estimate of drug-likeness (QED) is 0.546. The lowest BCUT2D eigenvalue weighted by molar-refractivity contribution is 0.295. The van der Waals surface area contributed by atoms with Crippen molar-refractivity contribution in [2.75, 3.05) is 13.1 Å². The molecule has 0 saturated carbocycles. The third kappa shape index (κ3) is 1.11. The zero-order valence-corrected chi connectivity index (χ0v) is 6.54. The van der Waals surface area contributed by atoms with Crippen LogP contribution < -0.4 is 5.32 Å². The molecule has 0 radical (unpaired) electrons. The SMILES string of the molecule is N#CC1CCNCC1(C#N)C#N. The summed E-state index contributed by atoms with van der Waals surface area (Å²) in [5, 5.41) is 29.2. The number of hydrogen-bond donors (Lipinski definition) is 1. The molecular formula is C8H8N4. The van der Waals surface area contributed by atoms with Crippen LogP contribution in [0.15, 0.2) is 0 Å². The topological polar surface area (TPSA) is 83.4 Å². The zero-order chi connectivity index (χ0) is 9.03. The second-order valence-corrected chi connectivity index (χ2v) is 2.84. The van der Waals surface area contributed by atoms with Gasteiger partial charge in [0, 0.05) is 6.54 Å². The van der Waals surface area contributed by atoms with Gasteiger partial charge in [0.25, 0.3) is 0 Å². The second-order valence-electron chi connectivity index (χ2n) is 2.84. The lowest BCUT2D eigenvalue weighted by atomic mass is 9.74. The number of nitrogens with zero attached hydrogens (tertiary/aromatic N) is 3.